The van der Waals surface area contributed by atoms with E-state index in [1.807, 2.05) is 0 Å². The molecule has 3 rings (SSSR count). The van der Waals surface area contributed by atoms with E-state index in [2.05, 4.69) is 43.5 Å². The summed E-state index contributed by atoms with van der Waals surface area (Å²) < 4.78 is 60.2. The third-order valence-electron chi connectivity index (χ3n) is 7.30. The van der Waals surface area contributed by atoms with Crippen molar-refractivity contribution in [2.24, 2.45) is 5.41 Å². The number of carbonyl (C=O) groups is 3. The second-order valence-corrected chi connectivity index (χ2v) is 16.4. The number of ether oxygens (including phenoxy) is 1. The fraction of sp³-hybridized carbons (Fsp3) is 0.680. The van der Waals surface area contributed by atoms with Crippen LogP contribution in [0.2, 0.25) is 0 Å². The number of Topliss-reactive ketones (excluding diaryl/α,β-unsaturated/α-hetero) is 1. The van der Waals surface area contributed by atoms with Gasteiger partial charge in [0.25, 0.3) is 15.6 Å². The van der Waals surface area contributed by atoms with E-state index in [1.165, 1.54) is 20.8 Å². The van der Waals surface area contributed by atoms with Crippen molar-refractivity contribution in [3.63, 3.8) is 0 Å². The molecule has 2 aromatic rings. The van der Waals surface area contributed by atoms with Crippen molar-refractivity contribution < 1.29 is 85.6 Å². The van der Waals surface area contributed by atoms with Crippen LogP contribution in [0.25, 0.3) is 11.2 Å². The van der Waals surface area contributed by atoms with Crippen LogP contribution in [0.15, 0.2) is 12.7 Å². The number of rotatable bonds is 21. The first-order valence-electron chi connectivity index (χ1n) is 15.4. The van der Waals surface area contributed by atoms with E-state index >= 15 is 0 Å². The molecule has 25 nitrogen and oxygen atoms in total. The summed E-state index contributed by atoms with van der Waals surface area (Å²) in [4.78, 5) is 95.2. The largest absolute Gasteiger partial charge is 0.790 e. The molecule has 300 valence electrons. The molecule has 1 aliphatic heterocycles. The number of aliphatic hydroxyl groups is 3. The summed E-state index contributed by atoms with van der Waals surface area (Å²) in [5.41, 5.74) is 4.03. The molecule has 28 heteroatoms. The van der Waals surface area contributed by atoms with Crippen LogP contribution in [-0.2, 0) is 50.7 Å². The zero-order valence-electron chi connectivity index (χ0n) is 28.2. The Kier molecular flexibility index (Phi) is 15.3. The number of amides is 2. The Morgan fingerprint density at radius 2 is 1.68 bits per heavy atom. The molecule has 0 aromatic carbocycles. The van der Waals surface area contributed by atoms with Gasteiger partial charge in [0.15, 0.2) is 17.7 Å². The van der Waals surface area contributed by atoms with Crippen molar-refractivity contribution in [3.8, 4) is 0 Å². The van der Waals surface area contributed by atoms with Gasteiger partial charge in [-0.05, 0) is 6.92 Å². The maximum absolute atomic E-state index is 12.5. The van der Waals surface area contributed by atoms with Crippen LogP contribution in [0.5, 0.6) is 0 Å². The Balaban J connectivity index is 1.53. The highest BCUT2D eigenvalue weighted by atomic mass is 31.3. The molecule has 0 bridgehead atoms. The van der Waals surface area contributed by atoms with Crippen molar-refractivity contribution in [2.45, 2.75) is 76.8 Å². The SMILES string of the molecule is CC(O)CC(=O)CCNC(=O)CCNC(=O)C(O)C(C)(C)COP(=O)([O-])OP(=O)([O-])OCC1OC(n2cnc3c(N)ncnc32)C(O)C1OP(=O)([O-])[O-]. The van der Waals surface area contributed by atoms with Gasteiger partial charge in [0.1, 0.15) is 42.0 Å². The number of phosphoric ester groups is 3. The van der Waals surface area contributed by atoms with Crippen LogP contribution in [0.3, 0.4) is 0 Å². The molecule has 8 unspecified atom stereocenters. The predicted molar refractivity (Wildman–Crippen MR) is 167 cm³/mol. The summed E-state index contributed by atoms with van der Waals surface area (Å²) in [6.45, 7) is 1.24. The van der Waals surface area contributed by atoms with Crippen LogP contribution in [-0.4, -0.2) is 109 Å². The van der Waals surface area contributed by atoms with Gasteiger partial charge in [0, 0.05) is 37.8 Å². The van der Waals surface area contributed by atoms with Crippen molar-refractivity contribution in [2.75, 3.05) is 32.0 Å². The number of aliphatic hydroxyl groups excluding tert-OH is 3. The third-order valence-corrected chi connectivity index (χ3v) is 10.3. The standard InChI is InChI=1S/C25H42N7O18P3/c1-13(33)8-14(34)4-6-27-16(35)5-7-28-23(38)20(37)25(2,3)10-47-53(44,45)50-52(42,43)46-9-15-19(49-51(39,40)41)18(36)24(48-15)32-12-31-17-21(26)29-11-30-22(17)32/h11-13,15,18-20,24,33,36-37H,4-10H2,1-3H3,(H,27,35)(H,28,38)(H,42,43)(H,44,45)(H2,26,29,30)(H2,39,40,41)/p-4. The van der Waals surface area contributed by atoms with E-state index in [4.69, 9.17) is 10.5 Å². The zero-order valence-corrected chi connectivity index (χ0v) is 30.9. The number of ketones is 1. The second-order valence-electron chi connectivity index (χ2n) is 12.3. The van der Waals surface area contributed by atoms with Gasteiger partial charge in [-0.25, -0.2) is 19.3 Å². The molecule has 0 aliphatic carbocycles. The van der Waals surface area contributed by atoms with E-state index in [9.17, 15) is 63.0 Å². The number of nitrogens with zero attached hydrogens (tertiary/aromatic N) is 4. The molecule has 0 spiro atoms. The van der Waals surface area contributed by atoms with Crippen LogP contribution >= 0.6 is 23.5 Å². The molecule has 3 heterocycles. The molecule has 53 heavy (non-hydrogen) atoms. The Morgan fingerprint density at radius 3 is 2.32 bits per heavy atom. The lowest BCUT2D eigenvalue weighted by molar-refractivity contribution is -0.347. The lowest BCUT2D eigenvalue weighted by atomic mass is 9.87. The number of hydrogen-bond donors (Lipinski definition) is 6. The second kappa shape index (κ2) is 18.2. The number of nitrogen functional groups attached to an aromatic ring is 1. The van der Waals surface area contributed by atoms with Gasteiger partial charge >= 0.3 is 0 Å². The smallest absolute Gasteiger partial charge is 0.274 e. The number of nitrogens with two attached hydrogens (primary N) is 1. The lowest BCUT2D eigenvalue weighted by Gasteiger charge is -2.36. The number of phosphoric acid groups is 3. The van der Waals surface area contributed by atoms with Gasteiger partial charge in [0.2, 0.25) is 11.8 Å². The minimum absolute atomic E-state index is 0.000742. The van der Waals surface area contributed by atoms with E-state index in [1.54, 1.807) is 0 Å². The first kappa shape index (κ1) is 44.6. The van der Waals surface area contributed by atoms with Crippen LogP contribution in [0, 0.1) is 5.41 Å². The van der Waals surface area contributed by atoms with Crippen molar-refractivity contribution in [1.82, 2.24) is 30.2 Å². The van der Waals surface area contributed by atoms with E-state index in [0.29, 0.717) is 0 Å². The van der Waals surface area contributed by atoms with Gasteiger partial charge in [0.05, 0.1) is 33.5 Å². The predicted octanol–water partition coefficient (Wildman–Crippen LogP) is -4.39. The van der Waals surface area contributed by atoms with Gasteiger partial charge < -0.3 is 74.1 Å². The summed E-state index contributed by atoms with van der Waals surface area (Å²) in [6.07, 6.45) is -8.60. The fourth-order valence-electron chi connectivity index (χ4n) is 4.69. The van der Waals surface area contributed by atoms with E-state index in [-0.39, 0.29) is 55.1 Å². The molecule has 0 radical (unpaired) electrons. The number of carbonyl (C=O) groups excluding carboxylic acids is 3. The Bertz CT molecular complexity index is 1760. The molecule has 1 saturated heterocycles. The van der Waals surface area contributed by atoms with Gasteiger partial charge in [-0.1, -0.05) is 13.8 Å². The summed E-state index contributed by atoms with van der Waals surface area (Å²) in [5, 5.41) is 35.1. The summed E-state index contributed by atoms with van der Waals surface area (Å²) >= 11 is 0. The molecule has 2 aromatic heterocycles. The number of aromatic nitrogens is 4. The molecule has 1 fully saturated rings. The minimum Gasteiger partial charge on any atom is -0.790 e. The molecule has 7 N–H and O–H groups in total. The zero-order chi connectivity index (χ0) is 39.9. The first-order valence-corrected chi connectivity index (χ1v) is 19.8. The van der Waals surface area contributed by atoms with Gasteiger partial charge in [-0.2, -0.15) is 0 Å². The summed E-state index contributed by atoms with van der Waals surface area (Å²) in [7, 11) is -17.6. The lowest BCUT2D eigenvalue weighted by Crippen LogP contribution is -2.46. The van der Waals surface area contributed by atoms with Crippen molar-refractivity contribution >= 4 is 58.0 Å². The first-order chi connectivity index (χ1) is 24.4. The summed E-state index contributed by atoms with van der Waals surface area (Å²) in [6, 6.07) is 0. The van der Waals surface area contributed by atoms with Crippen molar-refractivity contribution in [3.05, 3.63) is 12.7 Å². The minimum atomic E-state index is -5.92. The fourth-order valence-corrected chi connectivity index (χ4v) is 7.43. The Labute approximate surface area is 300 Å². The normalized spacial score (nSPS) is 22.8. The van der Waals surface area contributed by atoms with Crippen LogP contribution in [0.1, 0.15) is 46.3 Å². The molecule has 2 amide bonds. The van der Waals surface area contributed by atoms with Gasteiger partial charge in [-0.3, -0.25) is 28.1 Å². The third kappa shape index (κ3) is 13.5. The molecule has 0 saturated carbocycles. The summed E-state index contributed by atoms with van der Waals surface area (Å²) in [5.74, 6) is -1.94. The number of nitrogens with one attached hydrogen (secondary N) is 2. The number of fused-ring (bicyclic) bond motifs is 1. The molecule has 8 atom stereocenters. The number of anilines is 1. The van der Waals surface area contributed by atoms with Crippen LogP contribution in [0.4, 0.5) is 5.82 Å². The molecular formula is C25H38N7O18P3-4. The number of hydrogen-bond acceptors (Lipinski definition) is 22. The topological polar surface area (TPSA) is 395 Å². The number of imidazole rings is 1. The molecular weight excluding hydrogens is 779 g/mol. The Morgan fingerprint density at radius 1 is 1.04 bits per heavy atom. The highest BCUT2D eigenvalue weighted by molar-refractivity contribution is 7.59. The van der Waals surface area contributed by atoms with Crippen molar-refractivity contribution in [1.29, 1.82) is 0 Å². The van der Waals surface area contributed by atoms with Crippen LogP contribution < -0.4 is 35.9 Å². The van der Waals surface area contributed by atoms with E-state index in [0.717, 1.165) is 17.2 Å². The maximum Gasteiger partial charge on any atom is 0.274 e. The monoisotopic (exact) mass is 817 g/mol. The highest BCUT2D eigenvalue weighted by Crippen LogP contribution is 2.56. The van der Waals surface area contributed by atoms with Gasteiger partial charge in [-0.15, -0.1) is 0 Å². The molecule has 1 aliphatic rings. The average molecular weight is 818 g/mol. The average Bonchev–Trinajstić information content (AvgIpc) is 3.58. The highest BCUT2D eigenvalue weighted by Gasteiger charge is 2.47. The Hall–Kier alpha value is -2.83. The van der Waals surface area contributed by atoms with E-state index < -0.39 is 90.7 Å². The maximum atomic E-state index is 12.5. The quantitative estimate of drug-likeness (QED) is 0.0648.